The average Bonchev–Trinajstić information content (AvgIpc) is 2.73. The van der Waals surface area contributed by atoms with Crippen molar-refractivity contribution in [3.8, 4) is 11.3 Å². The van der Waals surface area contributed by atoms with Gasteiger partial charge in [0.2, 0.25) is 0 Å². The molecule has 18 heavy (non-hydrogen) atoms. The summed E-state index contributed by atoms with van der Waals surface area (Å²) in [6.07, 6.45) is 0. The lowest BCUT2D eigenvalue weighted by Crippen LogP contribution is -2.07. The molecule has 0 saturated heterocycles. The SMILES string of the molecule is O=C(O)c1nnn(CCO)c1-c1cccc(F)c1. The summed E-state index contributed by atoms with van der Waals surface area (Å²) in [5.41, 5.74) is 0.260. The van der Waals surface area contributed by atoms with Gasteiger partial charge in [-0.1, -0.05) is 17.3 Å². The number of nitrogens with zero attached hydrogens (tertiary/aromatic N) is 3. The predicted molar refractivity (Wildman–Crippen MR) is 59.5 cm³/mol. The number of aromatic carboxylic acids is 1. The molecule has 1 aromatic carbocycles. The van der Waals surface area contributed by atoms with E-state index in [0.29, 0.717) is 5.56 Å². The van der Waals surface area contributed by atoms with Crippen LogP contribution >= 0.6 is 0 Å². The van der Waals surface area contributed by atoms with Crippen LogP contribution in [0, 0.1) is 5.82 Å². The van der Waals surface area contributed by atoms with Crippen molar-refractivity contribution in [3.63, 3.8) is 0 Å². The lowest BCUT2D eigenvalue weighted by molar-refractivity contribution is 0.0691. The van der Waals surface area contributed by atoms with Crippen LogP contribution in [0.1, 0.15) is 10.5 Å². The van der Waals surface area contributed by atoms with Crippen LogP contribution in [-0.2, 0) is 6.54 Å². The van der Waals surface area contributed by atoms with E-state index in [1.54, 1.807) is 6.07 Å². The molecule has 1 aromatic heterocycles. The van der Waals surface area contributed by atoms with Crippen molar-refractivity contribution in [3.05, 3.63) is 35.8 Å². The van der Waals surface area contributed by atoms with Crippen LogP contribution in [0.2, 0.25) is 0 Å². The van der Waals surface area contributed by atoms with Gasteiger partial charge in [-0.05, 0) is 12.1 Å². The fourth-order valence-electron chi connectivity index (χ4n) is 1.63. The van der Waals surface area contributed by atoms with Crippen molar-refractivity contribution in [2.24, 2.45) is 0 Å². The van der Waals surface area contributed by atoms with Gasteiger partial charge in [0.1, 0.15) is 11.5 Å². The third kappa shape index (κ3) is 2.21. The van der Waals surface area contributed by atoms with E-state index in [-0.39, 0.29) is 24.5 Å². The second-order valence-corrected chi connectivity index (χ2v) is 3.55. The number of carboxylic acids is 1. The Kier molecular flexibility index (Phi) is 3.33. The molecule has 7 heteroatoms. The van der Waals surface area contributed by atoms with E-state index >= 15 is 0 Å². The molecule has 1 heterocycles. The van der Waals surface area contributed by atoms with Crippen molar-refractivity contribution in [2.45, 2.75) is 6.54 Å². The van der Waals surface area contributed by atoms with Crippen molar-refractivity contribution in [1.29, 1.82) is 0 Å². The van der Waals surface area contributed by atoms with Gasteiger partial charge in [-0.2, -0.15) is 0 Å². The van der Waals surface area contributed by atoms with Gasteiger partial charge < -0.3 is 10.2 Å². The van der Waals surface area contributed by atoms with Crippen LogP contribution in [0.15, 0.2) is 24.3 Å². The molecule has 0 bridgehead atoms. The fraction of sp³-hybridized carbons (Fsp3) is 0.182. The third-order valence-electron chi connectivity index (χ3n) is 2.35. The highest BCUT2D eigenvalue weighted by atomic mass is 19.1. The number of aromatic nitrogens is 3. The van der Waals surface area contributed by atoms with Crippen LogP contribution in [-0.4, -0.2) is 37.8 Å². The first-order chi connectivity index (χ1) is 8.63. The number of carboxylic acid groups (broad SMARTS) is 1. The molecule has 0 radical (unpaired) electrons. The number of carbonyl (C=O) groups is 1. The molecule has 0 fully saturated rings. The van der Waals surface area contributed by atoms with E-state index in [2.05, 4.69) is 10.3 Å². The molecule has 0 spiro atoms. The van der Waals surface area contributed by atoms with E-state index < -0.39 is 11.8 Å². The quantitative estimate of drug-likeness (QED) is 0.838. The number of rotatable bonds is 4. The van der Waals surface area contributed by atoms with E-state index in [1.807, 2.05) is 0 Å². The minimum Gasteiger partial charge on any atom is -0.476 e. The maximum absolute atomic E-state index is 13.2. The van der Waals surface area contributed by atoms with Crippen LogP contribution in [0.25, 0.3) is 11.3 Å². The standard InChI is InChI=1S/C11H10FN3O3/c12-8-3-1-2-7(6-8)10-9(11(17)18)13-14-15(10)4-5-16/h1-3,6,16H,4-5H2,(H,17,18). The first kappa shape index (κ1) is 12.2. The molecule has 0 aliphatic heterocycles. The molecule has 6 nitrogen and oxygen atoms in total. The first-order valence-corrected chi connectivity index (χ1v) is 5.17. The highest BCUT2D eigenvalue weighted by molar-refractivity contribution is 5.92. The summed E-state index contributed by atoms with van der Waals surface area (Å²) in [5, 5.41) is 25.0. The molecule has 94 valence electrons. The molecule has 0 saturated carbocycles. The molecular formula is C11H10FN3O3. The molecule has 2 rings (SSSR count). The minimum atomic E-state index is -1.25. The molecule has 2 N–H and O–H groups in total. The Labute approximate surface area is 101 Å². The summed E-state index contributed by atoms with van der Waals surface area (Å²) in [6, 6.07) is 5.47. The van der Waals surface area contributed by atoms with Crippen LogP contribution in [0.5, 0.6) is 0 Å². The lowest BCUT2D eigenvalue weighted by atomic mass is 10.1. The maximum atomic E-state index is 13.2. The fourth-order valence-corrected chi connectivity index (χ4v) is 1.63. The number of aliphatic hydroxyl groups is 1. The van der Waals surface area contributed by atoms with Crippen molar-refractivity contribution < 1.29 is 19.4 Å². The third-order valence-corrected chi connectivity index (χ3v) is 2.35. The Hall–Kier alpha value is -2.28. The Bertz CT molecular complexity index is 583. The first-order valence-electron chi connectivity index (χ1n) is 5.17. The van der Waals surface area contributed by atoms with Crippen LogP contribution in [0.3, 0.4) is 0 Å². The average molecular weight is 251 g/mol. The van der Waals surface area contributed by atoms with Gasteiger partial charge in [0.05, 0.1) is 13.2 Å². The van der Waals surface area contributed by atoms with Crippen molar-refractivity contribution in [2.75, 3.05) is 6.61 Å². The van der Waals surface area contributed by atoms with Gasteiger partial charge in [0.15, 0.2) is 5.69 Å². The molecule has 0 aliphatic rings. The summed E-state index contributed by atoms with van der Waals surface area (Å²) in [7, 11) is 0. The molecule has 0 aliphatic carbocycles. The topological polar surface area (TPSA) is 88.2 Å². The summed E-state index contributed by atoms with van der Waals surface area (Å²) in [6.45, 7) is -0.128. The maximum Gasteiger partial charge on any atom is 0.358 e. The number of halogens is 1. The van der Waals surface area contributed by atoms with Crippen LogP contribution < -0.4 is 0 Å². The Morgan fingerprint density at radius 3 is 2.83 bits per heavy atom. The van der Waals surface area contributed by atoms with Gasteiger partial charge in [-0.25, -0.2) is 13.9 Å². The smallest absolute Gasteiger partial charge is 0.358 e. The number of hydrogen-bond acceptors (Lipinski definition) is 4. The van der Waals surface area contributed by atoms with Crippen molar-refractivity contribution >= 4 is 5.97 Å². The van der Waals surface area contributed by atoms with Gasteiger partial charge in [-0.15, -0.1) is 5.10 Å². The Morgan fingerprint density at radius 2 is 2.22 bits per heavy atom. The van der Waals surface area contributed by atoms with Crippen LogP contribution in [0.4, 0.5) is 4.39 Å². The summed E-state index contributed by atoms with van der Waals surface area (Å²) in [5.74, 6) is -1.74. The molecule has 0 amide bonds. The van der Waals surface area contributed by atoms with E-state index in [0.717, 1.165) is 0 Å². The zero-order chi connectivity index (χ0) is 13.1. The van der Waals surface area contributed by atoms with Gasteiger partial charge in [0.25, 0.3) is 0 Å². The normalized spacial score (nSPS) is 10.6. The highest BCUT2D eigenvalue weighted by Crippen LogP contribution is 2.23. The minimum absolute atomic E-state index is 0.0894. The Balaban J connectivity index is 2.59. The molecule has 2 aromatic rings. The zero-order valence-corrected chi connectivity index (χ0v) is 9.25. The second kappa shape index (κ2) is 4.92. The zero-order valence-electron chi connectivity index (χ0n) is 9.25. The van der Waals surface area contributed by atoms with E-state index in [9.17, 15) is 9.18 Å². The largest absolute Gasteiger partial charge is 0.476 e. The summed E-state index contributed by atoms with van der Waals surface area (Å²) in [4.78, 5) is 11.0. The molecule has 0 atom stereocenters. The van der Waals surface area contributed by atoms with Gasteiger partial charge >= 0.3 is 5.97 Å². The summed E-state index contributed by atoms with van der Waals surface area (Å²) >= 11 is 0. The second-order valence-electron chi connectivity index (χ2n) is 3.55. The predicted octanol–water partition coefficient (Wildman–Crippen LogP) is 0.775. The molecule has 0 unspecified atom stereocenters. The van der Waals surface area contributed by atoms with Crippen molar-refractivity contribution in [1.82, 2.24) is 15.0 Å². The van der Waals surface area contributed by atoms with E-state index in [1.165, 1.54) is 22.9 Å². The lowest BCUT2D eigenvalue weighted by Gasteiger charge is -2.05. The number of benzene rings is 1. The molecular weight excluding hydrogens is 241 g/mol. The summed E-state index contributed by atoms with van der Waals surface area (Å²) < 4.78 is 14.4. The number of hydrogen-bond donors (Lipinski definition) is 2. The highest BCUT2D eigenvalue weighted by Gasteiger charge is 2.20. The van der Waals surface area contributed by atoms with E-state index in [4.69, 9.17) is 10.2 Å². The van der Waals surface area contributed by atoms with Gasteiger partial charge in [0, 0.05) is 5.56 Å². The monoisotopic (exact) mass is 251 g/mol. The van der Waals surface area contributed by atoms with Gasteiger partial charge in [-0.3, -0.25) is 0 Å². The number of aliphatic hydroxyl groups excluding tert-OH is 1. The Morgan fingerprint density at radius 1 is 1.44 bits per heavy atom.